The van der Waals surface area contributed by atoms with E-state index in [2.05, 4.69) is 62.4 Å². The third-order valence-electron chi connectivity index (χ3n) is 7.52. The summed E-state index contributed by atoms with van der Waals surface area (Å²) in [5.41, 5.74) is 6.80. The molecular weight excluding hydrogens is 496 g/mol. The molecule has 0 saturated heterocycles. The number of carbonyl (C=O) groups is 2. The first-order valence-corrected chi connectivity index (χ1v) is 15.3. The number of hydrogen-bond donors (Lipinski definition) is 1. The van der Waals surface area contributed by atoms with E-state index >= 15 is 0 Å². The monoisotopic (exact) mass is 542 g/mol. The largest absolute Gasteiger partial charge is 0.478 e. The number of hydrogen-bond acceptors (Lipinski definition) is 3. The van der Waals surface area contributed by atoms with Crippen LogP contribution in [-0.4, -0.2) is 23.7 Å². The number of fused-ring (bicyclic) bond motifs is 4. The first-order chi connectivity index (χ1) is 19.6. The number of unbranched alkanes of at least 4 members (excludes halogenated alkanes) is 10. The van der Waals surface area contributed by atoms with Crippen LogP contribution >= 0.6 is 0 Å². The fourth-order valence-corrected chi connectivity index (χ4v) is 5.18. The van der Waals surface area contributed by atoms with Gasteiger partial charge in [0.25, 0.3) is 0 Å². The number of benzene rings is 3. The molecule has 0 aromatic heterocycles. The van der Waals surface area contributed by atoms with Gasteiger partial charge >= 0.3 is 11.9 Å². The molecule has 1 aliphatic carbocycles. The molecule has 3 aromatic carbocycles. The van der Waals surface area contributed by atoms with Gasteiger partial charge in [0, 0.05) is 0 Å². The minimum absolute atomic E-state index is 0.0274. The quantitative estimate of drug-likeness (QED) is 0.113. The molecule has 0 heterocycles. The van der Waals surface area contributed by atoms with Crippen molar-refractivity contribution in [2.24, 2.45) is 0 Å². The zero-order valence-corrected chi connectivity index (χ0v) is 24.4. The molecule has 0 amide bonds. The summed E-state index contributed by atoms with van der Waals surface area (Å²) in [5, 5.41) is 9.39. The van der Waals surface area contributed by atoms with Crippen LogP contribution in [-0.2, 0) is 11.2 Å². The molecule has 40 heavy (non-hydrogen) atoms. The molecule has 1 N–H and O–H groups in total. The molecule has 0 radical (unpaired) electrons. The molecule has 0 unspecified atom stereocenters. The molecule has 3 aromatic rings. The van der Waals surface area contributed by atoms with E-state index in [0.29, 0.717) is 6.61 Å². The van der Waals surface area contributed by atoms with Gasteiger partial charge < -0.3 is 9.84 Å². The Hall–Kier alpha value is -3.40. The average molecular weight is 543 g/mol. The van der Waals surface area contributed by atoms with E-state index in [-0.39, 0.29) is 11.1 Å². The van der Waals surface area contributed by atoms with Gasteiger partial charge in [0.05, 0.1) is 17.7 Å². The van der Waals surface area contributed by atoms with Gasteiger partial charge in [-0.1, -0.05) is 133 Å². The number of carboxylic acid groups (broad SMARTS) is 1. The highest BCUT2D eigenvalue weighted by molar-refractivity contribution is 6.03. The van der Waals surface area contributed by atoms with Crippen LogP contribution in [0.5, 0.6) is 0 Å². The van der Waals surface area contributed by atoms with Gasteiger partial charge in [0.15, 0.2) is 0 Å². The highest BCUT2D eigenvalue weighted by Crippen LogP contribution is 2.46. The fourth-order valence-electron chi connectivity index (χ4n) is 5.18. The molecule has 0 fully saturated rings. The molecule has 4 rings (SSSR count). The molecule has 4 nitrogen and oxygen atoms in total. The standard InChI is InChI=1S/C24H38O4.C12H8/c1-3-5-7-9-11-13-15-20-16-17-21(23(25)26)22(19-20)24(27)28-18-14-12-10-8-6-4-2;1-2-6-10-9(5-1)11-7-3-4-8-12(10)11/h16-17,19H,3-15,18H2,1-2H3,(H,25,26);1-8H. The van der Waals surface area contributed by atoms with Gasteiger partial charge in [-0.2, -0.15) is 0 Å². The molecule has 0 saturated carbocycles. The van der Waals surface area contributed by atoms with Crippen molar-refractivity contribution in [2.45, 2.75) is 97.3 Å². The minimum Gasteiger partial charge on any atom is -0.478 e. The molecule has 214 valence electrons. The van der Waals surface area contributed by atoms with Crippen LogP contribution in [0.1, 0.15) is 117 Å². The lowest BCUT2D eigenvalue weighted by atomic mass is 9.81. The van der Waals surface area contributed by atoms with E-state index in [0.717, 1.165) is 37.7 Å². The second-order valence-electron chi connectivity index (χ2n) is 10.7. The Bertz CT molecular complexity index is 1110. The lowest BCUT2D eigenvalue weighted by molar-refractivity contribution is 0.0487. The zero-order valence-electron chi connectivity index (χ0n) is 24.4. The SMILES string of the molecule is CCCCCCCCOC(=O)c1cc(CCCCCCCC)ccc1C(=O)O.c1ccc2c(c1)-c1ccccc1-2. The summed E-state index contributed by atoms with van der Waals surface area (Å²) >= 11 is 0. The van der Waals surface area contributed by atoms with Gasteiger partial charge in [-0.15, -0.1) is 0 Å². The maximum absolute atomic E-state index is 12.4. The van der Waals surface area contributed by atoms with Crippen LogP contribution in [0.15, 0.2) is 66.7 Å². The first kappa shape index (κ1) is 31.1. The lowest BCUT2D eigenvalue weighted by Crippen LogP contribution is -2.13. The number of aromatic carboxylic acids is 1. The smallest absolute Gasteiger partial charge is 0.339 e. The van der Waals surface area contributed by atoms with E-state index in [1.54, 1.807) is 6.07 Å². The summed E-state index contributed by atoms with van der Waals surface area (Å²) in [5.74, 6) is -1.60. The van der Waals surface area contributed by atoms with Gasteiger partial charge in [-0.3, -0.25) is 0 Å². The summed E-state index contributed by atoms with van der Waals surface area (Å²) in [4.78, 5) is 23.9. The van der Waals surface area contributed by atoms with Crippen molar-refractivity contribution < 1.29 is 19.4 Å². The molecule has 0 bridgehead atoms. The van der Waals surface area contributed by atoms with Crippen LogP contribution in [0.4, 0.5) is 0 Å². The van der Waals surface area contributed by atoms with E-state index in [9.17, 15) is 14.7 Å². The van der Waals surface area contributed by atoms with Crippen LogP contribution in [0, 0.1) is 0 Å². The predicted molar refractivity (Wildman–Crippen MR) is 165 cm³/mol. The Morgan fingerprint density at radius 2 is 1.07 bits per heavy atom. The summed E-state index contributed by atoms with van der Waals surface area (Å²) in [7, 11) is 0. The van der Waals surface area contributed by atoms with Crippen molar-refractivity contribution in [1.29, 1.82) is 0 Å². The van der Waals surface area contributed by atoms with Crippen LogP contribution < -0.4 is 0 Å². The number of esters is 1. The van der Waals surface area contributed by atoms with Crippen LogP contribution in [0.25, 0.3) is 22.3 Å². The molecular formula is C36H46O4. The predicted octanol–water partition coefficient (Wildman–Crippen LogP) is 10.1. The van der Waals surface area contributed by atoms with Gasteiger partial charge in [0.1, 0.15) is 0 Å². The average Bonchev–Trinajstić information content (AvgIpc) is 2.97. The summed E-state index contributed by atoms with van der Waals surface area (Å²) in [6, 6.07) is 22.1. The molecule has 4 heteroatoms. The van der Waals surface area contributed by atoms with Crippen molar-refractivity contribution in [1.82, 2.24) is 0 Å². The third-order valence-corrected chi connectivity index (χ3v) is 7.52. The minimum atomic E-state index is -1.09. The van der Waals surface area contributed by atoms with Gasteiger partial charge in [0.2, 0.25) is 0 Å². The Morgan fingerprint density at radius 3 is 1.57 bits per heavy atom. The normalized spacial score (nSPS) is 10.9. The maximum atomic E-state index is 12.4. The van der Waals surface area contributed by atoms with Crippen LogP contribution in [0.2, 0.25) is 0 Å². The number of aryl methyl sites for hydroxylation is 1. The van der Waals surface area contributed by atoms with Crippen molar-refractivity contribution in [3.05, 3.63) is 83.4 Å². The summed E-state index contributed by atoms with van der Waals surface area (Å²) in [6.45, 7) is 4.74. The number of carbonyl (C=O) groups excluding carboxylic acids is 1. The Labute approximate surface area is 240 Å². The van der Waals surface area contributed by atoms with E-state index in [4.69, 9.17) is 4.74 Å². The second kappa shape index (κ2) is 17.3. The number of carboxylic acids is 1. The summed E-state index contributed by atoms with van der Waals surface area (Å²) < 4.78 is 5.35. The maximum Gasteiger partial charge on any atom is 0.339 e. The number of ether oxygens (including phenoxy) is 1. The van der Waals surface area contributed by atoms with Gasteiger partial charge in [-0.05, 0) is 59.2 Å². The Kier molecular flexibility index (Phi) is 13.5. The molecule has 0 atom stereocenters. The highest BCUT2D eigenvalue weighted by Gasteiger charge is 2.20. The van der Waals surface area contributed by atoms with Crippen molar-refractivity contribution in [3.63, 3.8) is 0 Å². The van der Waals surface area contributed by atoms with Crippen LogP contribution in [0.3, 0.4) is 0 Å². The van der Waals surface area contributed by atoms with E-state index < -0.39 is 11.9 Å². The lowest BCUT2D eigenvalue weighted by Gasteiger charge is -2.22. The zero-order chi connectivity index (χ0) is 28.6. The summed E-state index contributed by atoms with van der Waals surface area (Å²) in [6.07, 6.45) is 14.8. The van der Waals surface area contributed by atoms with E-state index in [1.807, 2.05) is 6.07 Å². The Morgan fingerprint density at radius 1 is 0.600 bits per heavy atom. The Balaban J connectivity index is 0.000000297. The molecule has 0 spiro atoms. The van der Waals surface area contributed by atoms with Crippen molar-refractivity contribution >= 4 is 11.9 Å². The third kappa shape index (κ3) is 9.36. The van der Waals surface area contributed by atoms with Crippen molar-refractivity contribution in [3.8, 4) is 22.3 Å². The van der Waals surface area contributed by atoms with E-state index in [1.165, 1.54) is 79.7 Å². The first-order valence-electron chi connectivity index (χ1n) is 15.3. The fraction of sp³-hybridized carbons (Fsp3) is 0.444. The topological polar surface area (TPSA) is 63.6 Å². The van der Waals surface area contributed by atoms with Gasteiger partial charge in [-0.25, -0.2) is 9.59 Å². The van der Waals surface area contributed by atoms with Crippen molar-refractivity contribution in [2.75, 3.05) is 6.61 Å². The highest BCUT2D eigenvalue weighted by atomic mass is 16.5. The second-order valence-corrected chi connectivity index (χ2v) is 10.7. The number of rotatable bonds is 16. The molecule has 1 aliphatic rings. The molecule has 0 aliphatic heterocycles.